The van der Waals surface area contributed by atoms with Gasteiger partial charge in [-0.15, -0.1) is 0 Å². The lowest BCUT2D eigenvalue weighted by atomic mass is 10.1. The second-order valence-electron chi connectivity index (χ2n) is 7.39. The number of hydrazone groups is 1. The predicted octanol–water partition coefficient (Wildman–Crippen LogP) is 4.98. The van der Waals surface area contributed by atoms with Crippen molar-refractivity contribution >= 4 is 45.9 Å². The maximum absolute atomic E-state index is 13.3. The van der Waals surface area contributed by atoms with Gasteiger partial charge in [0.1, 0.15) is 0 Å². The van der Waals surface area contributed by atoms with Gasteiger partial charge in [0, 0.05) is 10.6 Å². The van der Waals surface area contributed by atoms with Crippen molar-refractivity contribution in [1.82, 2.24) is 15.0 Å². The normalized spacial score (nSPS) is 11.5. The van der Waals surface area contributed by atoms with Crippen LogP contribution in [0, 0.1) is 6.92 Å². The number of thioether (sulfide) groups is 1. The standard InChI is InChI=1S/C25H21ClN4O2S/c1-16-11-13-18(14-12-16)30-24(32)20-8-4-6-10-22(20)27-25(30)33-15-23(31)29-28-17(2)19-7-3-5-9-21(19)26/h3-14H,15H2,1-2H3,(H,29,31)/b28-17-. The highest BCUT2D eigenvalue weighted by Crippen LogP contribution is 2.21. The quantitative estimate of drug-likeness (QED) is 0.184. The Morgan fingerprint density at radius 3 is 2.52 bits per heavy atom. The highest BCUT2D eigenvalue weighted by Gasteiger charge is 2.15. The molecule has 0 spiro atoms. The zero-order chi connectivity index (χ0) is 23.4. The van der Waals surface area contributed by atoms with E-state index in [1.165, 1.54) is 16.3 Å². The first kappa shape index (κ1) is 22.8. The van der Waals surface area contributed by atoms with Crippen LogP contribution in [-0.4, -0.2) is 26.9 Å². The van der Waals surface area contributed by atoms with Crippen LogP contribution in [0.1, 0.15) is 18.1 Å². The van der Waals surface area contributed by atoms with E-state index in [0.29, 0.717) is 32.5 Å². The van der Waals surface area contributed by atoms with E-state index >= 15 is 0 Å². The van der Waals surface area contributed by atoms with Crippen LogP contribution in [-0.2, 0) is 4.79 Å². The van der Waals surface area contributed by atoms with Gasteiger partial charge in [0.25, 0.3) is 11.5 Å². The van der Waals surface area contributed by atoms with E-state index in [1.807, 2.05) is 61.5 Å². The minimum absolute atomic E-state index is 0.0376. The number of halogens is 1. The zero-order valence-corrected chi connectivity index (χ0v) is 19.7. The van der Waals surface area contributed by atoms with Gasteiger partial charge in [-0.1, -0.05) is 71.4 Å². The second kappa shape index (κ2) is 10.0. The number of para-hydroxylation sites is 1. The molecule has 3 aromatic carbocycles. The first-order valence-corrected chi connectivity index (χ1v) is 11.6. The van der Waals surface area contributed by atoms with Crippen LogP contribution in [0.25, 0.3) is 16.6 Å². The second-order valence-corrected chi connectivity index (χ2v) is 8.74. The summed E-state index contributed by atoms with van der Waals surface area (Å²) >= 11 is 7.36. The average Bonchev–Trinajstić information content (AvgIpc) is 2.82. The van der Waals surface area contributed by atoms with Gasteiger partial charge < -0.3 is 0 Å². The minimum atomic E-state index is -0.315. The van der Waals surface area contributed by atoms with Crippen LogP contribution >= 0.6 is 23.4 Å². The first-order chi connectivity index (χ1) is 15.9. The Kier molecular flexibility index (Phi) is 6.91. The van der Waals surface area contributed by atoms with E-state index in [-0.39, 0.29) is 17.2 Å². The highest BCUT2D eigenvalue weighted by atomic mass is 35.5. The number of fused-ring (bicyclic) bond motifs is 1. The molecule has 0 atom stereocenters. The van der Waals surface area contributed by atoms with Crippen molar-refractivity contribution in [2.24, 2.45) is 5.10 Å². The predicted molar refractivity (Wildman–Crippen MR) is 135 cm³/mol. The fourth-order valence-corrected chi connectivity index (χ4v) is 4.33. The van der Waals surface area contributed by atoms with Crippen LogP contribution in [0.2, 0.25) is 5.02 Å². The molecule has 1 aromatic heterocycles. The minimum Gasteiger partial charge on any atom is -0.272 e. The van der Waals surface area contributed by atoms with Crippen LogP contribution in [0.3, 0.4) is 0 Å². The first-order valence-electron chi connectivity index (χ1n) is 10.2. The number of aromatic nitrogens is 2. The molecule has 6 nitrogen and oxygen atoms in total. The molecule has 0 saturated heterocycles. The molecule has 1 heterocycles. The lowest BCUT2D eigenvalue weighted by Gasteiger charge is -2.13. The number of rotatable bonds is 6. The van der Waals surface area contributed by atoms with Crippen molar-refractivity contribution in [3.05, 3.63) is 99.3 Å². The fraction of sp³-hybridized carbons (Fsp3) is 0.120. The molecule has 4 aromatic rings. The van der Waals surface area contributed by atoms with Crippen molar-refractivity contribution in [2.75, 3.05) is 5.75 Å². The lowest BCUT2D eigenvalue weighted by Crippen LogP contribution is -2.24. The summed E-state index contributed by atoms with van der Waals surface area (Å²) in [6, 6.07) is 22.1. The number of hydrogen-bond acceptors (Lipinski definition) is 5. The molecule has 0 aliphatic heterocycles. The maximum Gasteiger partial charge on any atom is 0.266 e. The summed E-state index contributed by atoms with van der Waals surface area (Å²) in [6.45, 7) is 3.75. The van der Waals surface area contributed by atoms with Crippen molar-refractivity contribution in [3.63, 3.8) is 0 Å². The Balaban J connectivity index is 1.59. The van der Waals surface area contributed by atoms with E-state index in [2.05, 4.69) is 15.5 Å². The summed E-state index contributed by atoms with van der Waals surface area (Å²) in [6.07, 6.45) is 0. The van der Waals surface area contributed by atoms with Crippen LogP contribution in [0.5, 0.6) is 0 Å². The SMILES string of the molecule is C/C(=N/NC(=O)CSc1nc2ccccc2c(=O)n1-c1ccc(C)cc1)c1ccccc1Cl. The third-order valence-corrected chi connectivity index (χ3v) is 6.25. The number of nitrogens with zero attached hydrogens (tertiary/aromatic N) is 3. The Bertz CT molecular complexity index is 1410. The monoisotopic (exact) mass is 476 g/mol. The molecule has 0 bridgehead atoms. The van der Waals surface area contributed by atoms with Crippen LogP contribution < -0.4 is 11.0 Å². The molecule has 1 amide bonds. The molecule has 0 radical (unpaired) electrons. The Morgan fingerprint density at radius 1 is 1.06 bits per heavy atom. The van der Waals surface area contributed by atoms with E-state index in [4.69, 9.17) is 11.6 Å². The van der Waals surface area contributed by atoms with Gasteiger partial charge in [-0.25, -0.2) is 10.4 Å². The Morgan fingerprint density at radius 2 is 1.76 bits per heavy atom. The van der Waals surface area contributed by atoms with Gasteiger partial charge in [-0.3, -0.25) is 14.2 Å². The van der Waals surface area contributed by atoms with Crippen molar-refractivity contribution in [1.29, 1.82) is 0 Å². The highest BCUT2D eigenvalue weighted by molar-refractivity contribution is 7.99. The summed E-state index contributed by atoms with van der Waals surface area (Å²) in [7, 11) is 0. The van der Waals surface area contributed by atoms with Gasteiger partial charge in [-0.05, 0) is 44.2 Å². The van der Waals surface area contributed by atoms with E-state index in [1.54, 1.807) is 25.1 Å². The van der Waals surface area contributed by atoms with E-state index in [0.717, 1.165) is 11.1 Å². The number of carbonyl (C=O) groups is 1. The number of hydrogen-bond donors (Lipinski definition) is 1. The molecule has 0 saturated carbocycles. The van der Waals surface area contributed by atoms with Crippen molar-refractivity contribution in [3.8, 4) is 5.69 Å². The number of amides is 1. The molecule has 166 valence electrons. The van der Waals surface area contributed by atoms with Gasteiger partial charge in [0.2, 0.25) is 0 Å². The summed E-state index contributed by atoms with van der Waals surface area (Å²) in [5.41, 5.74) is 6.08. The van der Waals surface area contributed by atoms with Gasteiger partial charge in [-0.2, -0.15) is 5.10 Å². The smallest absolute Gasteiger partial charge is 0.266 e. The molecule has 4 rings (SSSR count). The molecule has 0 unspecified atom stereocenters. The summed E-state index contributed by atoms with van der Waals surface area (Å²) in [5.74, 6) is -0.278. The topological polar surface area (TPSA) is 76.3 Å². The lowest BCUT2D eigenvalue weighted by molar-refractivity contribution is -0.118. The summed E-state index contributed by atoms with van der Waals surface area (Å²) in [5, 5.41) is 5.67. The molecule has 0 aliphatic rings. The van der Waals surface area contributed by atoms with Crippen LogP contribution in [0.15, 0.2) is 87.8 Å². The average molecular weight is 477 g/mol. The summed E-state index contributed by atoms with van der Waals surface area (Å²) in [4.78, 5) is 30.4. The van der Waals surface area contributed by atoms with Gasteiger partial charge in [0.05, 0.1) is 28.1 Å². The Hall–Kier alpha value is -3.42. The van der Waals surface area contributed by atoms with E-state index < -0.39 is 0 Å². The molecule has 33 heavy (non-hydrogen) atoms. The Labute approximate surface area is 200 Å². The largest absolute Gasteiger partial charge is 0.272 e. The molecule has 0 aliphatic carbocycles. The van der Waals surface area contributed by atoms with E-state index in [9.17, 15) is 9.59 Å². The number of carbonyl (C=O) groups excluding carboxylic acids is 1. The number of aryl methyl sites for hydroxylation is 1. The number of benzene rings is 3. The zero-order valence-electron chi connectivity index (χ0n) is 18.1. The van der Waals surface area contributed by atoms with Gasteiger partial charge >= 0.3 is 0 Å². The molecular weight excluding hydrogens is 456 g/mol. The van der Waals surface area contributed by atoms with Crippen molar-refractivity contribution < 1.29 is 4.79 Å². The molecule has 1 N–H and O–H groups in total. The summed E-state index contributed by atoms with van der Waals surface area (Å²) < 4.78 is 1.54. The van der Waals surface area contributed by atoms with Gasteiger partial charge in [0.15, 0.2) is 5.16 Å². The number of nitrogens with one attached hydrogen (secondary N) is 1. The van der Waals surface area contributed by atoms with Crippen molar-refractivity contribution in [2.45, 2.75) is 19.0 Å². The molecular formula is C25H21ClN4O2S. The molecule has 0 fully saturated rings. The van der Waals surface area contributed by atoms with Crippen LogP contribution in [0.4, 0.5) is 0 Å². The fourth-order valence-electron chi connectivity index (χ4n) is 3.25. The maximum atomic E-state index is 13.3. The third kappa shape index (κ3) is 5.16. The molecule has 8 heteroatoms. The third-order valence-electron chi connectivity index (χ3n) is 4.98.